The zero-order valence-corrected chi connectivity index (χ0v) is 16.5. The molecule has 1 unspecified atom stereocenters. The molecule has 1 heterocycles. The second kappa shape index (κ2) is 7.77. The summed E-state index contributed by atoms with van der Waals surface area (Å²) in [6, 6.07) is 19.6. The molecule has 2 N–H and O–H groups in total. The van der Waals surface area contributed by atoms with E-state index in [-0.39, 0.29) is 6.04 Å². The van der Waals surface area contributed by atoms with Crippen LogP contribution in [0.4, 0.5) is 5.69 Å². The second-order valence-electron chi connectivity index (χ2n) is 7.56. The van der Waals surface area contributed by atoms with Crippen molar-refractivity contribution in [3.63, 3.8) is 0 Å². The molecule has 3 aromatic rings. The SMILES string of the molecule is CC(C)c1cccc(C(C)C)c1NC(c1ccccc1)c1cc[nH][n+]1C. The summed E-state index contributed by atoms with van der Waals surface area (Å²) >= 11 is 0. The molecule has 1 aromatic heterocycles. The van der Waals surface area contributed by atoms with Crippen LogP contribution in [0.1, 0.15) is 68.0 Å². The maximum absolute atomic E-state index is 3.90. The standard InChI is InChI=1S/C23H29N3/c1-16(2)19-12-9-13-20(17(3)4)23(19)25-22(18-10-7-6-8-11-18)21-14-15-24-26(21)5/h6-17,22,25H,1-5H3/p+1. The van der Waals surface area contributed by atoms with Crippen molar-refractivity contribution < 1.29 is 4.68 Å². The first-order valence-electron chi connectivity index (χ1n) is 9.46. The molecule has 0 aliphatic carbocycles. The molecule has 1 atom stereocenters. The Hall–Kier alpha value is -2.55. The fourth-order valence-corrected chi connectivity index (χ4v) is 3.55. The third-order valence-electron chi connectivity index (χ3n) is 5.00. The number of para-hydroxylation sites is 1. The summed E-state index contributed by atoms with van der Waals surface area (Å²) in [6.07, 6.45) is 1.99. The lowest BCUT2D eigenvalue weighted by molar-refractivity contribution is -0.734. The molecule has 136 valence electrons. The third-order valence-corrected chi connectivity index (χ3v) is 5.00. The maximum atomic E-state index is 3.90. The van der Waals surface area contributed by atoms with Crippen LogP contribution in [0.5, 0.6) is 0 Å². The van der Waals surface area contributed by atoms with E-state index in [9.17, 15) is 0 Å². The first-order chi connectivity index (χ1) is 12.5. The van der Waals surface area contributed by atoms with Crippen LogP contribution in [0.25, 0.3) is 0 Å². The Bertz CT molecular complexity index is 821. The van der Waals surface area contributed by atoms with Gasteiger partial charge in [0.25, 0.3) is 0 Å². The van der Waals surface area contributed by atoms with Crippen molar-refractivity contribution in [1.29, 1.82) is 0 Å². The summed E-state index contributed by atoms with van der Waals surface area (Å²) in [4.78, 5) is 0. The number of hydrogen-bond acceptors (Lipinski definition) is 1. The van der Waals surface area contributed by atoms with Gasteiger partial charge in [0.2, 0.25) is 5.69 Å². The molecule has 0 aliphatic heterocycles. The van der Waals surface area contributed by atoms with Gasteiger partial charge in [0, 0.05) is 11.8 Å². The van der Waals surface area contributed by atoms with Gasteiger partial charge in [-0.2, -0.15) is 5.10 Å². The number of nitrogens with zero attached hydrogens (tertiary/aromatic N) is 1. The molecule has 0 fully saturated rings. The van der Waals surface area contributed by atoms with Gasteiger partial charge < -0.3 is 5.32 Å². The molecule has 3 nitrogen and oxygen atoms in total. The van der Waals surface area contributed by atoms with Crippen molar-refractivity contribution in [3.05, 3.63) is 83.2 Å². The molecular weight excluding hydrogens is 318 g/mol. The minimum Gasteiger partial charge on any atom is -0.369 e. The van der Waals surface area contributed by atoms with Crippen LogP contribution in [-0.4, -0.2) is 5.10 Å². The summed E-state index contributed by atoms with van der Waals surface area (Å²) in [6.45, 7) is 9.05. The highest BCUT2D eigenvalue weighted by Gasteiger charge is 2.26. The van der Waals surface area contributed by atoms with E-state index in [0.29, 0.717) is 11.8 Å². The van der Waals surface area contributed by atoms with Gasteiger partial charge in [-0.05, 0) is 28.5 Å². The molecule has 3 heteroatoms. The van der Waals surface area contributed by atoms with Crippen LogP contribution in [0, 0.1) is 0 Å². The van der Waals surface area contributed by atoms with Gasteiger partial charge in [0.05, 0.1) is 6.20 Å². The monoisotopic (exact) mass is 348 g/mol. The predicted octanol–water partition coefficient (Wildman–Crippen LogP) is 5.29. The maximum Gasteiger partial charge on any atom is 0.234 e. The largest absolute Gasteiger partial charge is 0.369 e. The molecule has 0 radical (unpaired) electrons. The van der Waals surface area contributed by atoms with E-state index < -0.39 is 0 Å². The Morgan fingerprint density at radius 1 is 0.808 bits per heavy atom. The quantitative estimate of drug-likeness (QED) is 0.583. The average molecular weight is 349 g/mol. The number of aromatic amines is 1. The smallest absolute Gasteiger partial charge is 0.234 e. The van der Waals surface area contributed by atoms with Gasteiger partial charge in [-0.1, -0.05) is 76.2 Å². The molecule has 0 amide bonds. The van der Waals surface area contributed by atoms with Crippen molar-refractivity contribution in [1.82, 2.24) is 5.10 Å². The minimum absolute atomic E-state index is 0.0878. The summed E-state index contributed by atoms with van der Waals surface area (Å²) in [5.41, 5.74) is 6.48. The van der Waals surface area contributed by atoms with Crippen molar-refractivity contribution in [2.24, 2.45) is 7.05 Å². The number of benzene rings is 2. The van der Waals surface area contributed by atoms with Gasteiger partial charge in [-0.15, -0.1) is 4.68 Å². The number of rotatable bonds is 6. The average Bonchev–Trinajstić information content (AvgIpc) is 3.05. The Balaban J connectivity index is 2.13. The van der Waals surface area contributed by atoms with Gasteiger partial charge in [0.15, 0.2) is 7.05 Å². The van der Waals surface area contributed by atoms with Crippen molar-refractivity contribution >= 4 is 5.69 Å². The van der Waals surface area contributed by atoms with E-state index in [0.717, 1.165) is 0 Å². The number of H-pyrrole nitrogens is 1. The van der Waals surface area contributed by atoms with Crippen LogP contribution >= 0.6 is 0 Å². The normalized spacial score (nSPS) is 12.6. The zero-order chi connectivity index (χ0) is 18.7. The number of hydrogen-bond donors (Lipinski definition) is 2. The molecule has 2 aromatic carbocycles. The van der Waals surface area contributed by atoms with Crippen LogP contribution in [0.3, 0.4) is 0 Å². The highest BCUT2D eigenvalue weighted by molar-refractivity contribution is 5.62. The lowest BCUT2D eigenvalue weighted by Gasteiger charge is -2.25. The van der Waals surface area contributed by atoms with Crippen molar-refractivity contribution in [2.45, 2.75) is 45.6 Å². The number of aromatic nitrogens is 2. The Kier molecular flexibility index (Phi) is 5.46. The zero-order valence-electron chi connectivity index (χ0n) is 16.5. The summed E-state index contributed by atoms with van der Waals surface area (Å²) in [5.74, 6) is 0.931. The van der Waals surface area contributed by atoms with Gasteiger partial charge >= 0.3 is 0 Å². The van der Waals surface area contributed by atoms with Gasteiger partial charge in [0.1, 0.15) is 6.04 Å². The van der Waals surface area contributed by atoms with Crippen LogP contribution in [0.2, 0.25) is 0 Å². The molecule has 0 spiro atoms. The van der Waals surface area contributed by atoms with E-state index in [4.69, 9.17) is 0 Å². The number of anilines is 1. The highest BCUT2D eigenvalue weighted by atomic mass is 15.3. The first-order valence-corrected chi connectivity index (χ1v) is 9.46. The third kappa shape index (κ3) is 3.67. The lowest BCUT2D eigenvalue weighted by Crippen LogP contribution is -2.37. The van der Waals surface area contributed by atoms with Crippen LogP contribution in [0.15, 0.2) is 60.8 Å². The van der Waals surface area contributed by atoms with Crippen LogP contribution < -0.4 is 10.00 Å². The Morgan fingerprint density at radius 3 is 1.92 bits per heavy atom. The van der Waals surface area contributed by atoms with Gasteiger partial charge in [-0.3, -0.25) is 0 Å². The molecule has 0 aliphatic rings. The van der Waals surface area contributed by atoms with E-state index in [1.165, 1.54) is 28.1 Å². The van der Waals surface area contributed by atoms with Crippen molar-refractivity contribution in [2.75, 3.05) is 5.32 Å². The molecular formula is C23H30N3+. The lowest BCUT2D eigenvalue weighted by atomic mass is 9.91. The number of nitrogens with one attached hydrogen (secondary N) is 2. The Morgan fingerprint density at radius 2 is 1.42 bits per heavy atom. The van der Waals surface area contributed by atoms with Gasteiger partial charge in [-0.25, -0.2) is 0 Å². The van der Waals surface area contributed by atoms with E-state index in [2.05, 4.69) is 104 Å². The fourth-order valence-electron chi connectivity index (χ4n) is 3.55. The Labute approximate surface area is 157 Å². The molecule has 0 saturated heterocycles. The van der Waals surface area contributed by atoms with E-state index in [1.54, 1.807) is 0 Å². The topological polar surface area (TPSA) is 31.7 Å². The molecule has 3 rings (SSSR count). The van der Waals surface area contributed by atoms with Crippen molar-refractivity contribution in [3.8, 4) is 0 Å². The summed E-state index contributed by atoms with van der Waals surface area (Å²) < 4.78 is 2.08. The number of aryl methyl sites for hydroxylation is 1. The second-order valence-corrected chi connectivity index (χ2v) is 7.56. The molecule has 0 saturated carbocycles. The summed E-state index contributed by atoms with van der Waals surface area (Å²) in [7, 11) is 2.06. The summed E-state index contributed by atoms with van der Waals surface area (Å²) in [5, 5.41) is 7.15. The van der Waals surface area contributed by atoms with E-state index in [1.807, 2.05) is 6.20 Å². The fraction of sp³-hybridized carbons (Fsp3) is 0.348. The van der Waals surface area contributed by atoms with Crippen LogP contribution in [-0.2, 0) is 7.05 Å². The first kappa shape index (κ1) is 18.2. The minimum atomic E-state index is 0.0878. The van der Waals surface area contributed by atoms with E-state index >= 15 is 0 Å². The highest BCUT2D eigenvalue weighted by Crippen LogP contribution is 2.36. The molecule has 26 heavy (non-hydrogen) atoms. The molecule has 0 bridgehead atoms. The predicted molar refractivity (Wildman–Crippen MR) is 108 cm³/mol.